The lowest BCUT2D eigenvalue weighted by molar-refractivity contribution is -0.251. The van der Waals surface area contributed by atoms with Gasteiger partial charge in [-0.25, -0.2) is 4.79 Å². The number of ether oxygens (including phenoxy) is 1. The minimum absolute atomic E-state index is 0.0631. The fourth-order valence-electron chi connectivity index (χ4n) is 3.38. The van der Waals surface area contributed by atoms with E-state index in [1.165, 1.54) is 12.0 Å². The van der Waals surface area contributed by atoms with E-state index < -0.39 is 18.7 Å². The number of amides is 2. The Morgan fingerprint density at radius 2 is 1.88 bits per heavy atom. The van der Waals surface area contributed by atoms with Crippen molar-refractivity contribution < 1.29 is 29.1 Å². The lowest BCUT2D eigenvalue weighted by atomic mass is 10.0. The van der Waals surface area contributed by atoms with Gasteiger partial charge in [0.2, 0.25) is 11.8 Å². The molecule has 2 N–H and O–H groups in total. The van der Waals surface area contributed by atoms with Crippen LogP contribution in [0.3, 0.4) is 0 Å². The van der Waals surface area contributed by atoms with Gasteiger partial charge in [0, 0.05) is 26.3 Å². The summed E-state index contributed by atoms with van der Waals surface area (Å²) in [6, 6.07) is 0. The van der Waals surface area contributed by atoms with Gasteiger partial charge in [0.05, 0.1) is 12.2 Å². The van der Waals surface area contributed by atoms with E-state index in [0.29, 0.717) is 25.8 Å². The van der Waals surface area contributed by atoms with E-state index in [-0.39, 0.29) is 24.0 Å². The molecule has 0 aromatic rings. The summed E-state index contributed by atoms with van der Waals surface area (Å²) in [5.41, 5.74) is 0. The molecular formula is C17H29N3O6. The zero-order valence-electron chi connectivity index (χ0n) is 15.5. The molecule has 2 aliphatic heterocycles. The number of nitrogens with zero attached hydrogens (tertiary/aromatic N) is 2. The van der Waals surface area contributed by atoms with E-state index in [0.717, 1.165) is 25.9 Å². The molecule has 26 heavy (non-hydrogen) atoms. The topological polar surface area (TPSA) is 108 Å². The van der Waals surface area contributed by atoms with Crippen molar-refractivity contribution in [2.75, 3.05) is 26.2 Å². The number of nitrogens with one attached hydrogen (secondary N) is 1. The number of aliphatic carboxylic acids is 1. The molecule has 0 radical (unpaired) electrons. The second-order valence-electron chi connectivity index (χ2n) is 6.67. The molecule has 2 rings (SSSR count). The Labute approximate surface area is 153 Å². The third-order valence-electron chi connectivity index (χ3n) is 4.72. The fourth-order valence-corrected chi connectivity index (χ4v) is 3.38. The summed E-state index contributed by atoms with van der Waals surface area (Å²) >= 11 is 0. The van der Waals surface area contributed by atoms with Crippen LogP contribution in [0, 0.1) is 0 Å². The first-order chi connectivity index (χ1) is 12.4. The molecule has 0 saturated carbocycles. The molecule has 148 valence electrons. The lowest BCUT2D eigenvalue weighted by Gasteiger charge is -2.44. The van der Waals surface area contributed by atoms with Crippen LogP contribution >= 0.6 is 0 Å². The molecule has 2 atom stereocenters. The first-order valence-electron chi connectivity index (χ1n) is 9.22. The van der Waals surface area contributed by atoms with Gasteiger partial charge < -0.3 is 20.1 Å². The van der Waals surface area contributed by atoms with Crippen LogP contribution in [0.15, 0.2) is 0 Å². The van der Waals surface area contributed by atoms with Crippen molar-refractivity contribution in [1.29, 1.82) is 0 Å². The molecule has 0 spiro atoms. The fraction of sp³-hybridized carbons (Fsp3) is 0.824. The van der Waals surface area contributed by atoms with Crippen molar-refractivity contribution in [2.24, 2.45) is 0 Å². The molecule has 0 aliphatic carbocycles. The third kappa shape index (κ3) is 5.65. The number of carbonyl (C=O) groups is 3. The second kappa shape index (κ2) is 9.84. The summed E-state index contributed by atoms with van der Waals surface area (Å²) in [6.45, 7) is 4.84. The van der Waals surface area contributed by atoms with E-state index in [4.69, 9.17) is 14.7 Å². The molecule has 9 heteroatoms. The first kappa shape index (κ1) is 20.6. The molecule has 0 aromatic carbocycles. The molecule has 2 aliphatic rings. The van der Waals surface area contributed by atoms with Crippen molar-refractivity contribution in [1.82, 2.24) is 15.3 Å². The monoisotopic (exact) mass is 371 g/mol. The highest BCUT2D eigenvalue weighted by atomic mass is 16.7. The molecule has 2 unspecified atom stereocenters. The van der Waals surface area contributed by atoms with Crippen molar-refractivity contribution in [3.63, 3.8) is 0 Å². The highest BCUT2D eigenvalue weighted by molar-refractivity contribution is 5.78. The highest BCUT2D eigenvalue weighted by Crippen LogP contribution is 2.26. The van der Waals surface area contributed by atoms with Gasteiger partial charge in [0.1, 0.15) is 12.8 Å². The predicted octanol–water partition coefficient (Wildman–Crippen LogP) is 0.347. The van der Waals surface area contributed by atoms with Gasteiger partial charge in [0.15, 0.2) is 0 Å². The molecule has 9 nitrogen and oxygen atoms in total. The van der Waals surface area contributed by atoms with Gasteiger partial charge in [0.25, 0.3) is 0 Å². The quantitative estimate of drug-likeness (QED) is 0.622. The van der Waals surface area contributed by atoms with Crippen molar-refractivity contribution >= 4 is 17.8 Å². The molecule has 0 aromatic heterocycles. The molecule has 0 bridgehead atoms. The van der Waals surface area contributed by atoms with Crippen LogP contribution in [0.25, 0.3) is 0 Å². The van der Waals surface area contributed by atoms with Crippen LogP contribution in [-0.2, 0) is 24.0 Å². The van der Waals surface area contributed by atoms with E-state index in [1.54, 1.807) is 11.8 Å². The van der Waals surface area contributed by atoms with E-state index >= 15 is 0 Å². The van der Waals surface area contributed by atoms with E-state index in [1.807, 2.05) is 0 Å². The number of likely N-dealkylation sites (tertiary alicyclic amines) is 1. The standard InChI is InChI=1S/C17H29N3O6/c1-3-16(22)19-9-6-14(25-11-17(23)24)10-15(19)20(12(2)21)26-13-4-7-18-8-5-13/h13-15,18H,3-11H2,1-2H3,(H,23,24). The van der Waals surface area contributed by atoms with Gasteiger partial charge in [-0.2, -0.15) is 5.06 Å². The van der Waals surface area contributed by atoms with Gasteiger partial charge in [-0.1, -0.05) is 6.92 Å². The number of carboxylic acid groups (broad SMARTS) is 1. The second-order valence-corrected chi connectivity index (χ2v) is 6.67. The van der Waals surface area contributed by atoms with Crippen molar-refractivity contribution in [3.05, 3.63) is 0 Å². The van der Waals surface area contributed by atoms with Crippen LogP contribution in [0.5, 0.6) is 0 Å². The Kier molecular flexibility index (Phi) is 7.80. The van der Waals surface area contributed by atoms with Crippen LogP contribution in [-0.4, -0.2) is 77.5 Å². The Bertz CT molecular complexity index is 509. The Hall–Kier alpha value is -1.71. The summed E-state index contributed by atoms with van der Waals surface area (Å²) in [6.07, 6.45) is 1.78. The van der Waals surface area contributed by atoms with Crippen molar-refractivity contribution in [2.45, 2.75) is 64.3 Å². The minimum atomic E-state index is -1.04. The van der Waals surface area contributed by atoms with E-state index in [2.05, 4.69) is 5.32 Å². The molecule has 2 amide bonds. The van der Waals surface area contributed by atoms with Crippen LogP contribution in [0.4, 0.5) is 0 Å². The smallest absolute Gasteiger partial charge is 0.329 e. The molecular weight excluding hydrogens is 342 g/mol. The average molecular weight is 371 g/mol. The van der Waals surface area contributed by atoms with Crippen LogP contribution in [0.1, 0.15) is 46.0 Å². The number of hydrogen-bond acceptors (Lipinski definition) is 6. The van der Waals surface area contributed by atoms with Gasteiger partial charge in [-0.3, -0.25) is 14.4 Å². The number of hydrogen-bond donors (Lipinski definition) is 2. The summed E-state index contributed by atoms with van der Waals surface area (Å²) in [4.78, 5) is 43.0. The number of rotatable bonds is 7. The zero-order valence-corrected chi connectivity index (χ0v) is 15.5. The zero-order chi connectivity index (χ0) is 19.1. The number of hydroxylamine groups is 2. The van der Waals surface area contributed by atoms with Crippen LogP contribution < -0.4 is 5.32 Å². The first-order valence-corrected chi connectivity index (χ1v) is 9.22. The van der Waals surface area contributed by atoms with Gasteiger partial charge in [-0.15, -0.1) is 0 Å². The summed E-state index contributed by atoms with van der Waals surface area (Å²) < 4.78 is 5.42. The van der Waals surface area contributed by atoms with Crippen LogP contribution in [0.2, 0.25) is 0 Å². The molecule has 2 fully saturated rings. The highest BCUT2D eigenvalue weighted by Gasteiger charge is 2.38. The summed E-state index contributed by atoms with van der Waals surface area (Å²) in [5.74, 6) is -1.38. The lowest BCUT2D eigenvalue weighted by Crippen LogP contribution is -2.58. The third-order valence-corrected chi connectivity index (χ3v) is 4.72. The summed E-state index contributed by atoms with van der Waals surface area (Å²) in [7, 11) is 0. The maximum absolute atomic E-state index is 12.4. The number of carboxylic acids is 1. The van der Waals surface area contributed by atoms with Gasteiger partial charge >= 0.3 is 5.97 Å². The maximum atomic E-state index is 12.4. The Morgan fingerprint density at radius 3 is 2.46 bits per heavy atom. The molecule has 2 saturated heterocycles. The van der Waals surface area contributed by atoms with Crippen molar-refractivity contribution in [3.8, 4) is 0 Å². The Balaban J connectivity index is 2.12. The number of piperidine rings is 2. The van der Waals surface area contributed by atoms with Gasteiger partial charge in [-0.05, 0) is 32.4 Å². The van der Waals surface area contributed by atoms with E-state index in [9.17, 15) is 14.4 Å². The number of carbonyl (C=O) groups excluding carboxylic acids is 2. The minimum Gasteiger partial charge on any atom is -0.480 e. The normalized spacial score (nSPS) is 24.3. The Morgan fingerprint density at radius 1 is 1.19 bits per heavy atom. The largest absolute Gasteiger partial charge is 0.480 e. The maximum Gasteiger partial charge on any atom is 0.329 e. The molecule has 2 heterocycles. The predicted molar refractivity (Wildman–Crippen MR) is 91.9 cm³/mol. The SMILES string of the molecule is CCC(=O)N1CCC(OCC(=O)O)CC1N(OC1CCNCC1)C(C)=O. The average Bonchev–Trinajstić information content (AvgIpc) is 2.64. The summed E-state index contributed by atoms with van der Waals surface area (Å²) in [5, 5.41) is 13.4.